The standard InChI is InChI=1S/C32H26F2N6O2.C17H18N4O2.C15H9ClF2N2/c1-19-31(25-5-3-4-8-36-25)39-27-15-22(33)14-24(34)30(27)32(19)38-26-16-29(40-9-11-42-12-10-40)37-18-23(26)20-6-7-21(17-35)28(13-20)41-2;1-22-16-8-12(2-3-13(16)10-18)14-11-20-17(9-15(14)19)21-4-6-23-7-5-21;1-8-14(16)13-10(18)6-9(17)7-12(13)20-15(8)11-4-2-3-5-19-11/h3-8,13-16,18H,9-12H2,1-2H3,(H,37,38,39);2-3,8-9,11H,4-7H2,1H3,(H2,19,20);2-7H,1H3. The molecule has 3 N–H and O–H groups in total. The van der Waals surface area contributed by atoms with Gasteiger partial charge in [-0.3, -0.25) is 9.97 Å². The molecule has 0 unspecified atom stereocenters. The quantitative estimate of drug-likeness (QED) is 0.122. The average molecular weight is 1170 g/mol. The zero-order valence-electron chi connectivity index (χ0n) is 46.4. The highest BCUT2D eigenvalue weighted by Gasteiger charge is 2.23. The maximum Gasteiger partial charge on any atom is 0.137 e. The van der Waals surface area contributed by atoms with Gasteiger partial charge in [-0.1, -0.05) is 35.9 Å². The van der Waals surface area contributed by atoms with Crippen LogP contribution < -0.4 is 30.3 Å². The highest BCUT2D eigenvalue weighted by molar-refractivity contribution is 6.36. The number of hydrogen-bond donors (Lipinski definition) is 2. The van der Waals surface area contributed by atoms with E-state index in [4.69, 9.17) is 46.5 Å². The van der Waals surface area contributed by atoms with Crippen LogP contribution in [0, 0.1) is 59.8 Å². The number of anilines is 5. The van der Waals surface area contributed by atoms with E-state index < -0.39 is 23.3 Å². The lowest BCUT2D eigenvalue weighted by Gasteiger charge is -2.28. The van der Waals surface area contributed by atoms with Gasteiger partial charge >= 0.3 is 0 Å². The molecule has 0 bridgehead atoms. The number of methoxy groups -OCH3 is 2. The minimum absolute atomic E-state index is 0.130. The average Bonchev–Trinajstić information content (AvgIpc) is 1.83. The van der Waals surface area contributed by atoms with Crippen LogP contribution in [0.3, 0.4) is 0 Å². The van der Waals surface area contributed by atoms with Crippen molar-refractivity contribution in [3.05, 3.63) is 185 Å². The van der Waals surface area contributed by atoms with E-state index in [1.807, 2.05) is 43.3 Å². The van der Waals surface area contributed by atoms with Crippen molar-refractivity contribution in [2.75, 3.05) is 87.7 Å². The first-order valence-corrected chi connectivity index (χ1v) is 27.1. The second kappa shape index (κ2) is 26.1. The lowest BCUT2D eigenvalue weighted by Crippen LogP contribution is -2.36. The fourth-order valence-corrected chi connectivity index (χ4v) is 10.2. The third-order valence-electron chi connectivity index (χ3n) is 14.2. The molecule has 2 saturated heterocycles. The molecular weight excluding hydrogens is 1110 g/mol. The fourth-order valence-electron chi connectivity index (χ4n) is 9.87. The summed E-state index contributed by atoms with van der Waals surface area (Å²) in [4.78, 5) is 31.1. The zero-order chi connectivity index (χ0) is 59.7. The summed E-state index contributed by atoms with van der Waals surface area (Å²) in [6, 6.07) is 33.5. The van der Waals surface area contributed by atoms with Gasteiger partial charge < -0.3 is 39.8 Å². The largest absolute Gasteiger partial charge is 0.495 e. The minimum atomic E-state index is -0.736. The van der Waals surface area contributed by atoms with Crippen LogP contribution in [0.5, 0.6) is 11.5 Å². The van der Waals surface area contributed by atoms with Gasteiger partial charge in [-0.25, -0.2) is 37.5 Å². The molecule has 16 nitrogen and oxygen atoms in total. The summed E-state index contributed by atoms with van der Waals surface area (Å²) in [5, 5.41) is 22.5. The molecule has 21 heteroatoms. The van der Waals surface area contributed by atoms with E-state index >= 15 is 4.39 Å². The third kappa shape index (κ3) is 12.7. The number of hydrogen-bond acceptors (Lipinski definition) is 16. The maximum absolute atomic E-state index is 15.5. The molecule has 6 aromatic heterocycles. The van der Waals surface area contributed by atoms with E-state index in [2.05, 4.69) is 52.2 Å². The van der Waals surface area contributed by atoms with Crippen LogP contribution in [0.25, 0.3) is 66.8 Å². The third-order valence-corrected chi connectivity index (χ3v) is 14.7. The second-order valence-electron chi connectivity index (χ2n) is 19.4. The number of rotatable bonds is 10. The summed E-state index contributed by atoms with van der Waals surface area (Å²) in [5.74, 6) is -0.336. The highest BCUT2D eigenvalue weighted by Crippen LogP contribution is 2.41. The van der Waals surface area contributed by atoms with Crippen molar-refractivity contribution in [1.29, 1.82) is 10.5 Å². The van der Waals surface area contributed by atoms with Gasteiger partial charge in [0.1, 0.15) is 58.5 Å². The molecule has 0 spiro atoms. The number of aromatic nitrogens is 6. The van der Waals surface area contributed by atoms with Crippen LogP contribution in [0.4, 0.5) is 46.3 Å². The molecule has 10 aromatic rings. The number of ether oxygens (including phenoxy) is 4. The molecule has 2 aliphatic rings. The van der Waals surface area contributed by atoms with Gasteiger partial charge in [-0.15, -0.1) is 0 Å². The molecule has 8 heterocycles. The molecule has 0 saturated carbocycles. The van der Waals surface area contributed by atoms with Gasteiger partial charge in [0.25, 0.3) is 0 Å². The summed E-state index contributed by atoms with van der Waals surface area (Å²) >= 11 is 6.21. The van der Waals surface area contributed by atoms with Crippen molar-refractivity contribution in [2.45, 2.75) is 13.8 Å². The van der Waals surface area contributed by atoms with E-state index in [1.165, 1.54) is 13.2 Å². The van der Waals surface area contributed by atoms with E-state index in [-0.39, 0.29) is 26.8 Å². The maximum atomic E-state index is 15.5. The van der Waals surface area contributed by atoms with Crippen LogP contribution in [0.2, 0.25) is 5.02 Å². The molecule has 12 rings (SSSR count). The number of morpholine rings is 2. The number of benzene rings is 4. The molecule has 0 atom stereocenters. The summed E-state index contributed by atoms with van der Waals surface area (Å²) in [6.07, 6.45) is 6.78. The van der Waals surface area contributed by atoms with Crippen LogP contribution in [-0.4, -0.2) is 96.7 Å². The van der Waals surface area contributed by atoms with Crippen molar-refractivity contribution >= 4 is 62.1 Å². The molecule has 0 radical (unpaired) electrons. The Morgan fingerprint density at radius 3 is 1.56 bits per heavy atom. The monoisotopic (exact) mass is 1160 g/mol. The molecule has 0 amide bonds. The van der Waals surface area contributed by atoms with Gasteiger partial charge in [0.05, 0.1) is 113 Å². The van der Waals surface area contributed by atoms with Gasteiger partial charge in [0.15, 0.2) is 0 Å². The number of nitrogens with one attached hydrogen (secondary N) is 1. The summed E-state index contributed by atoms with van der Waals surface area (Å²) in [5.41, 5.74) is 15.7. The molecule has 85 heavy (non-hydrogen) atoms. The smallest absolute Gasteiger partial charge is 0.137 e. The first kappa shape index (κ1) is 58.2. The number of nitrogen functional groups attached to an aromatic ring is 1. The fraction of sp³-hybridized carbons (Fsp3) is 0.188. The Kier molecular flexibility index (Phi) is 17.9. The Morgan fingerprint density at radius 2 is 1.07 bits per heavy atom. The summed E-state index contributed by atoms with van der Waals surface area (Å²) in [6.45, 7) is 9.11. The highest BCUT2D eigenvalue weighted by atomic mass is 35.5. The minimum Gasteiger partial charge on any atom is -0.495 e. The van der Waals surface area contributed by atoms with Crippen molar-refractivity contribution in [2.24, 2.45) is 0 Å². The normalized spacial score (nSPS) is 13.0. The Hall–Kier alpha value is -9.99. The number of halogens is 5. The van der Waals surface area contributed by atoms with E-state index in [1.54, 1.807) is 87.4 Å². The molecular formula is C64H53ClF4N12O4. The second-order valence-corrected chi connectivity index (χ2v) is 19.8. The molecule has 0 aliphatic carbocycles. The predicted molar refractivity (Wildman–Crippen MR) is 320 cm³/mol. The van der Waals surface area contributed by atoms with E-state index in [0.717, 1.165) is 59.6 Å². The van der Waals surface area contributed by atoms with Crippen molar-refractivity contribution in [1.82, 2.24) is 29.9 Å². The number of pyridine rings is 6. The van der Waals surface area contributed by atoms with Gasteiger partial charge in [0.2, 0.25) is 0 Å². The topological polar surface area (TPSA) is 206 Å². The van der Waals surface area contributed by atoms with Gasteiger partial charge in [-0.2, -0.15) is 10.5 Å². The Morgan fingerprint density at radius 1 is 0.588 bits per heavy atom. The van der Waals surface area contributed by atoms with Gasteiger partial charge in [-0.05, 0) is 79.1 Å². The van der Waals surface area contributed by atoms with Crippen LogP contribution >= 0.6 is 11.6 Å². The van der Waals surface area contributed by atoms with Gasteiger partial charge in [0, 0.05) is 110 Å². The Balaban J connectivity index is 0.000000157. The van der Waals surface area contributed by atoms with E-state index in [0.29, 0.717) is 119 Å². The van der Waals surface area contributed by atoms with Crippen molar-refractivity contribution < 1.29 is 36.5 Å². The van der Waals surface area contributed by atoms with Crippen LogP contribution in [-0.2, 0) is 9.47 Å². The Labute approximate surface area is 491 Å². The number of nitrogens with two attached hydrogens (primary N) is 1. The summed E-state index contributed by atoms with van der Waals surface area (Å²) < 4.78 is 78.6. The number of nitriles is 2. The predicted octanol–water partition coefficient (Wildman–Crippen LogP) is 13.0. The van der Waals surface area contributed by atoms with Crippen LogP contribution in [0.1, 0.15) is 22.3 Å². The zero-order valence-corrected chi connectivity index (χ0v) is 47.2. The van der Waals surface area contributed by atoms with Crippen molar-refractivity contribution in [3.8, 4) is 68.7 Å². The first-order chi connectivity index (χ1) is 41.3. The summed E-state index contributed by atoms with van der Waals surface area (Å²) in [7, 11) is 3.05. The SMILES string of the molecule is COc1cc(-c2cnc(N3CCOCC3)cc2N)ccc1C#N.COc1cc(-c2cnc(N3CCOCC3)cc2Nc2c(C)c(-c3ccccn3)nc3cc(F)cc(F)c23)ccc1C#N.Cc1c(-c2ccccn2)nc2cc(F)cc(F)c2c1Cl. The number of fused-ring (bicyclic) bond motifs is 2. The number of nitrogens with zero attached hydrogens (tertiary/aromatic N) is 10. The lowest BCUT2D eigenvalue weighted by atomic mass is 10.0. The van der Waals surface area contributed by atoms with Crippen molar-refractivity contribution in [3.63, 3.8) is 0 Å². The van der Waals surface area contributed by atoms with E-state index in [9.17, 15) is 18.4 Å². The molecule has 2 fully saturated rings. The lowest BCUT2D eigenvalue weighted by molar-refractivity contribution is 0.122. The first-order valence-electron chi connectivity index (χ1n) is 26.7. The molecule has 2 aliphatic heterocycles. The molecule has 428 valence electrons. The van der Waals surface area contributed by atoms with Crippen LogP contribution in [0.15, 0.2) is 134 Å². The Bertz CT molecular complexity index is 4200. The molecule has 4 aromatic carbocycles.